The van der Waals surface area contributed by atoms with Crippen molar-refractivity contribution in [2.24, 2.45) is 5.92 Å². The third-order valence-electron chi connectivity index (χ3n) is 4.85. The summed E-state index contributed by atoms with van der Waals surface area (Å²) in [5, 5.41) is 10.1. The molecule has 2 amide bonds. The number of carbonyl (C=O) groups is 2. The lowest BCUT2D eigenvalue weighted by molar-refractivity contribution is -0.130. The SMILES string of the molecule is C[C@H](NC(=O)C1CCCC1)C(=O)NCCc1cnn(-c2ccccc2)c1. The van der Waals surface area contributed by atoms with E-state index in [0.29, 0.717) is 13.0 Å². The molecule has 1 atom stereocenters. The number of carbonyl (C=O) groups excluding carboxylic acids is 2. The first-order valence-electron chi connectivity index (χ1n) is 9.30. The zero-order valence-electron chi connectivity index (χ0n) is 15.1. The summed E-state index contributed by atoms with van der Waals surface area (Å²) < 4.78 is 1.82. The van der Waals surface area contributed by atoms with E-state index in [1.807, 2.05) is 47.4 Å². The van der Waals surface area contributed by atoms with Crippen LogP contribution in [-0.2, 0) is 16.0 Å². The van der Waals surface area contributed by atoms with Crippen molar-refractivity contribution in [1.29, 1.82) is 0 Å². The number of para-hydroxylation sites is 1. The van der Waals surface area contributed by atoms with Crippen molar-refractivity contribution in [1.82, 2.24) is 20.4 Å². The van der Waals surface area contributed by atoms with Crippen LogP contribution in [0.4, 0.5) is 0 Å². The fourth-order valence-corrected chi connectivity index (χ4v) is 3.28. The average Bonchev–Trinajstić information content (AvgIpc) is 3.34. The van der Waals surface area contributed by atoms with Crippen molar-refractivity contribution in [3.63, 3.8) is 0 Å². The van der Waals surface area contributed by atoms with Crippen LogP contribution in [0.15, 0.2) is 42.7 Å². The summed E-state index contributed by atoms with van der Waals surface area (Å²) in [6.07, 6.45) is 8.56. The molecule has 1 heterocycles. The summed E-state index contributed by atoms with van der Waals surface area (Å²) >= 11 is 0. The van der Waals surface area contributed by atoms with Gasteiger partial charge >= 0.3 is 0 Å². The first kappa shape index (κ1) is 18.2. The second kappa shape index (κ2) is 8.65. The van der Waals surface area contributed by atoms with Crippen molar-refractivity contribution in [3.8, 4) is 5.69 Å². The van der Waals surface area contributed by atoms with Crippen molar-refractivity contribution >= 4 is 11.8 Å². The van der Waals surface area contributed by atoms with E-state index in [-0.39, 0.29) is 17.7 Å². The molecular formula is C20H26N4O2. The first-order valence-corrected chi connectivity index (χ1v) is 9.30. The van der Waals surface area contributed by atoms with Gasteiger partial charge in [0.05, 0.1) is 11.9 Å². The predicted octanol–water partition coefficient (Wildman–Crippen LogP) is 2.23. The standard InChI is InChI=1S/C20H26N4O2/c1-15(23-20(26)17-7-5-6-8-17)19(25)21-12-11-16-13-22-24(14-16)18-9-3-2-4-10-18/h2-4,9-10,13-15,17H,5-8,11-12H2,1H3,(H,21,25)(H,23,26)/t15-/m0/s1. The van der Waals surface area contributed by atoms with Gasteiger partial charge in [0, 0.05) is 18.7 Å². The van der Waals surface area contributed by atoms with Crippen LogP contribution in [-0.4, -0.2) is 34.2 Å². The average molecular weight is 354 g/mol. The molecule has 0 radical (unpaired) electrons. The van der Waals surface area contributed by atoms with E-state index in [9.17, 15) is 9.59 Å². The van der Waals surface area contributed by atoms with Gasteiger partial charge in [-0.15, -0.1) is 0 Å². The zero-order valence-corrected chi connectivity index (χ0v) is 15.1. The molecule has 0 spiro atoms. The molecule has 6 nitrogen and oxygen atoms in total. The van der Waals surface area contributed by atoms with Gasteiger partial charge in [0.15, 0.2) is 0 Å². The van der Waals surface area contributed by atoms with Crippen molar-refractivity contribution < 1.29 is 9.59 Å². The molecule has 0 saturated heterocycles. The Morgan fingerprint density at radius 2 is 1.96 bits per heavy atom. The maximum absolute atomic E-state index is 12.2. The molecule has 1 aromatic carbocycles. The molecule has 138 valence electrons. The van der Waals surface area contributed by atoms with Crippen molar-refractivity contribution in [3.05, 3.63) is 48.3 Å². The minimum absolute atomic E-state index is 0.00860. The van der Waals surface area contributed by atoms with Gasteiger partial charge in [0.25, 0.3) is 0 Å². The number of rotatable bonds is 7. The lowest BCUT2D eigenvalue weighted by Gasteiger charge is -2.16. The van der Waals surface area contributed by atoms with E-state index in [1.165, 1.54) is 0 Å². The van der Waals surface area contributed by atoms with Crippen LogP contribution < -0.4 is 10.6 Å². The molecule has 1 saturated carbocycles. The topological polar surface area (TPSA) is 76.0 Å². The quantitative estimate of drug-likeness (QED) is 0.800. The van der Waals surface area contributed by atoms with Crippen LogP contribution in [0.5, 0.6) is 0 Å². The number of benzene rings is 1. The van der Waals surface area contributed by atoms with Crippen LogP contribution in [0.25, 0.3) is 5.69 Å². The third-order valence-corrected chi connectivity index (χ3v) is 4.85. The molecule has 6 heteroatoms. The summed E-state index contributed by atoms with van der Waals surface area (Å²) in [7, 11) is 0. The molecule has 1 aliphatic rings. The maximum Gasteiger partial charge on any atom is 0.242 e. The van der Waals surface area contributed by atoms with Crippen LogP contribution in [0.3, 0.4) is 0 Å². The second-order valence-corrected chi connectivity index (χ2v) is 6.88. The molecule has 0 aliphatic heterocycles. The van der Waals surface area contributed by atoms with Crippen LogP contribution >= 0.6 is 0 Å². The van der Waals surface area contributed by atoms with Gasteiger partial charge in [-0.25, -0.2) is 4.68 Å². The van der Waals surface area contributed by atoms with E-state index in [2.05, 4.69) is 15.7 Å². The van der Waals surface area contributed by atoms with Crippen LogP contribution in [0, 0.1) is 5.92 Å². The van der Waals surface area contributed by atoms with Gasteiger partial charge in [0.1, 0.15) is 6.04 Å². The Kier molecular flexibility index (Phi) is 6.04. The monoisotopic (exact) mass is 354 g/mol. The van der Waals surface area contributed by atoms with Gasteiger partial charge in [-0.1, -0.05) is 31.0 Å². The van der Waals surface area contributed by atoms with E-state index in [0.717, 1.165) is 36.9 Å². The van der Waals surface area contributed by atoms with Crippen LogP contribution in [0.2, 0.25) is 0 Å². The zero-order chi connectivity index (χ0) is 18.4. The second-order valence-electron chi connectivity index (χ2n) is 6.88. The number of aromatic nitrogens is 2. The Bertz CT molecular complexity index is 735. The predicted molar refractivity (Wildman–Crippen MR) is 99.8 cm³/mol. The highest BCUT2D eigenvalue weighted by molar-refractivity contribution is 5.88. The van der Waals surface area contributed by atoms with Gasteiger partial charge in [-0.05, 0) is 43.9 Å². The molecule has 1 aliphatic carbocycles. The molecule has 0 unspecified atom stereocenters. The molecule has 1 fully saturated rings. The normalized spacial score (nSPS) is 15.6. The van der Waals surface area contributed by atoms with E-state index < -0.39 is 6.04 Å². The number of nitrogens with zero attached hydrogens (tertiary/aromatic N) is 2. The minimum Gasteiger partial charge on any atom is -0.354 e. The van der Waals surface area contributed by atoms with E-state index in [1.54, 1.807) is 6.92 Å². The molecule has 1 aromatic heterocycles. The minimum atomic E-state index is -0.504. The third kappa shape index (κ3) is 4.71. The smallest absolute Gasteiger partial charge is 0.242 e. The van der Waals surface area contributed by atoms with Gasteiger partial charge in [-0.3, -0.25) is 9.59 Å². The number of amides is 2. The van der Waals surface area contributed by atoms with Gasteiger partial charge in [0.2, 0.25) is 11.8 Å². The molecule has 2 N–H and O–H groups in total. The lowest BCUT2D eigenvalue weighted by Crippen LogP contribution is -2.46. The molecule has 26 heavy (non-hydrogen) atoms. The highest BCUT2D eigenvalue weighted by Gasteiger charge is 2.25. The lowest BCUT2D eigenvalue weighted by atomic mass is 10.1. The summed E-state index contributed by atoms with van der Waals surface area (Å²) in [5.74, 6) is -0.0600. The summed E-state index contributed by atoms with van der Waals surface area (Å²) in [5.41, 5.74) is 2.06. The van der Waals surface area contributed by atoms with Crippen molar-refractivity contribution in [2.75, 3.05) is 6.54 Å². The van der Waals surface area contributed by atoms with Gasteiger partial charge < -0.3 is 10.6 Å². The summed E-state index contributed by atoms with van der Waals surface area (Å²) in [6, 6.07) is 9.39. The van der Waals surface area contributed by atoms with Crippen LogP contribution in [0.1, 0.15) is 38.2 Å². The number of hydrogen-bond donors (Lipinski definition) is 2. The Morgan fingerprint density at radius 3 is 2.69 bits per heavy atom. The summed E-state index contributed by atoms with van der Waals surface area (Å²) in [6.45, 7) is 2.25. The Labute approximate surface area is 154 Å². The summed E-state index contributed by atoms with van der Waals surface area (Å²) in [4.78, 5) is 24.3. The fourth-order valence-electron chi connectivity index (χ4n) is 3.28. The number of nitrogens with one attached hydrogen (secondary N) is 2. The molecule has 0 bridgehead atoms. The Morgan fingerprint density at radius 1 is 1.23 bits per heavy atom. The highest BCUT2D eigenvalue weighted by Crippen LogP contribution is 2.24. The van der Waals surface area contributed by atoms with E-state index in [4.69, 9.17) is 0 Å². The first-order chi connectivity index (χ1) is 12.6. The maximum atomic E-state index is 12.2. The van der Waals surface area contributed by atoms with Crippen molar-refractivity contribution in [2.45, 2.75) is 45.1 Å². The molecule has 3 rings (SSSR count). The highest BCUT2D eigenvalue weighted by atomic mass is 16.2. The largest absolute Gasteiger partial charge is 0.354 e. The van der Waals surface area contributed by atoms with Gasteiger partial charge in [-0.2, -0.15) is 5.10 Å². The Hall–Kier alpha value is -2.63. The van der Waals surface area contributed by atoms with E-state index >= 15 is 0 Å². The molecular weight excluding hydrogens is 328 g/mol. The number of hydrogen-bond acceptors (Lipinski definition) is 3. The Balaban J connectivity index is 1.42. The molecule has 2 aromatic rings. The fraction of sp³-hybridized carbons (Fsp3) is 0.450.